The van der Waals surface area contributed by atoms with E-state index in [0.29, 0.717) is 12.1 Å². The number of aromatic amines is 1. The minimum Gasteiger partial charge on any atom is -0.371 e. The first-order valence-electron chi connectivity index (χ1n) is 8.74. The monoisotopic (exact) mass is 334 g/mol. The van der Waals surface area contributed by atoms with Gasteiger partial charge in [-0.15, -0.1) is 0 Å². The van der Waals surface area contributed by atoms with E-state index in [0.717, 1.165) is 24.1 Å². The Bertz CT molecular complexity index is 895. The Morgan fingerprint density at radius 1 is 1.20 bits per heavy atom. The van der Waals surface area contributed by atoms with Crippen LogP contribution in [0.25, 0.3) is 11.0 Å². The van der Waals surface area contributed by atoms with Crippen LogP contribution in [0.5, 0.6) is 0 Å². The van der Waals surface area contributed by atoms with Crippen LogP contribution in [-0.4, -0.2) is 40.9 Å². The van der Waals surface area contributed by atoms with Crippen LogP contribution < -0.4 is 4.90 Å². The standard InChI is InChI=1S/C20H22N4O/c1-23(20(25)15-8-9-17-18(12-15)22-14-21-17)13-16-6-2-3-7-19(16)24-10-4-5-11-24/h2-3,6-9,12,14H,4-5,10-11,13H2,1H3,(H,21,22). The molecule has 1 N–H and O–H groups in total. The fourth-order valence-corrected chi connectivity index (χ4v) is 3.53. The number of imidazole rings is 1. The molecule has 1 aromatic heterocycles. The second kappa shape index (κ2) is 6.59. The molecule has 1 amide bonds. The molecule has 0 aliphatic carbocycles. The summed E-state index contributed by atoms with van der Waals surface area (Å²) in [4.78, 5) is 24.3. The molecule has 1 aliphatic heterocycles. The first-order chi connectivity index (χ1) is 12.2. The minimum absolute atomic E-state index is 0.0210. The zero-order valence-corrected chi connectivity index (χ0v) is 14.4. The minimum atomic E-state index is 0.0210. The van der Waals surface area contributed by atoms with Gasteiger partial charge >= 0.3 is 0 Å². The van der Waals surface area contributed by atoms with E-state index in [4.69, 9.17) is 0 Å². The summed E-state index contributed by atoms with van der Waals surface area (Å²) in [5.41, 5.74) is 4.89. The third kappa shape index (κ3) is 3.09. The number of rotatable bonds is 4. The Hall–Kier alpha value is -2.82. The maximum atomic E-state index is 12.8. The van der Waals surface area contributed by atoms with Crippen LogP contribution in [-0.2, 0) is 6.54 Å². The van der Waals surface area contributed by atoms with Crippen molar-refractivity contribution in [3.63, 3.8) is 0 Å². The Morgan fingerprint density at radius 3 is 2.84 bits per heavy atom. The molecule has 1 fully saturated rings. The number of H-pyrrole nitrogens is 1. The Labute approximate surface area is 147 Å². The predicted molar refractivity (Wildman–Crippen MR) is 99.8 cm³/mol. The van der Waals surface area contributed by atoms with Crippen LogP contribution in [0.4, 0.5) is 5.69 Å². The van der Waals surface area contributed by atoms with Gasteiger partial charge in [-0.25, -0.2) is 4.98 Å². The Morgan fingerprint density at radius 2 is 2.00 bits per heavy atom. The third-order valence-corrected chi connectivity index (χ3v) is 4.86. The summed E-state index contributed by atoms with van der Waals surface area (Å²) in [5.74, 6) is 0.0210. The van der Waals surface area contributed by atoms with Crippen LogP contribution in [0.15, 0.2) is 48.8 Å². The van der Waals surface area contributed by atoms with Crippen molar-refractivity contribution in [2.24, 2.45) is 0 Å². The van der Waals surface area contributed by atoms with Gasteiger partial charge in [0, 0.05) is 37.9 Å². The van der Waals surface area contributed by atoms with Gasteiger partial charge in [-0.1, -0.05) is 18.2 Å². The van der Waals surface area contributed by atoms with Gasteiger partial charge in [-0.2, -0.15) is 0 Å². The number of anilines is 1. The normalized spacial score (nSPS) is 14.2. The topological polar surface area (TPSA) is 52.2 Å². The van der Waals surface area contributed by atoms with Crippen LogP contribution in [0.2, 0.25) is 0 Å². The van der Waals surface area contributed by atoms with Gasteiger partial charge in [-0.05, 0) is 42.7 Å². The molecule has 0 spiro atoms. The number of hydrogen-bond acceptors (Lipinski definition) is 3. The van der Waals surface area contributed by atoms with E-state index < -0.39 is 0 Å². The number of carbonyl (C=O) groups is 1. The quantitative estimate of drug-likeness (QED) is 0.795. The molecule has 0 bridgehead atoms. The zero-order valence-electron chi connectivity index (χ0n) is 14.4. The molecule has 4 rings (SSSR count). The van der Waals surface area contributed by atoms with Gasteiger partial charge in [-0.3, -0.25) is 4.79 Å². The molecule has 0 saturated carbocycles. The summed E-state index contributed by atoms with van der Waals surface area (Å²) in [5, 5.41) is 0. The molecule has 5 nitrogen and oxygen atoms in total. The predicted octanol–water partition coefficient (Wildman–Crippen LogP) is 3.44. The van der Waals surface area contributed by atoms with Crippen molar-refractivity contribution in [1.82, 2.24) is 14.9 Å². The number of nitrogens with zero attached hydrogens (tertiary/aromatic N) is 3. The maximum Gasteiger partial charge on any atom is 0.253 e. The van der Waals surface area contributed by atoms with Gasteiger partial charge in [0.2, 0.25) is 0 Å². The fraction of sp³-hybridized carbons (Fsp3) is 0.300. The molecule has 1 saturated heterocycles. The van der Waals surface area contributed by atoms with E-state index in [2.05, 4.69) is 33.1 Å². The zero-order chi connectivity index (χ0) is 17.2. The molecule has 128 valence electrons. The van der Waals surface area contributed by atoms with Crippen LogP contribution in [0, 0.1) is 0 Å². The lowest BCUT2D eigenvalue weighted by molar-refractivity contribution is 0.0785. The van der Waals surface area contributed by atoms with E-state index in [1.165, 1.54) is 24.1 Å². The van der Waals surface area contributed by atoms with Crippen LogP contribution in [0.3, 0.4) is 0 Å². The maximum absolute atomic E-state index is 12.8. The average Bonchev–Trinajstić information content (AvgIpc) is 3.32. The molecule has 3 aromatic rings. The second-order valence-electron chi connectivity index (χ2n) is 6.62. The Kier molecular flexibility index (Phi) is 4.14. The molecule has 0 atom stereocenters. The number of fused-ring (bicyclic) bond motifs is 1. The van der Waals surface area contributed by atoms with E-state index in [9.17, 15) is 4.79 Å². The Balaban J connectivity index is 1.55. The molecule has 2 heterocycles. The molecule has 25 heavy (non-hydrogen) atoms. The molecule has 5 heteroatoms. The number of aromatic nitrogens is 2. The number of benzene rings is 2. The number of amides is 1. The highest BCUT2D eigenvalue weighted by molar-refractivity contribution is 5.97. The summed E-state index contributed by atoms with van der Waals surface area (Å²) in [6.07, 6.45) is 4.13. The lowest BCUT2D eigenvalue weighted by Gasteiger charge is -2.24. The van der Waals surface area contributed by atoms with Gasteiger partial charge in [0.05, 0.1) is 17.4 Å². The lowest BCUT2D eigenvalue weighted by Crippen LogP contribution is -2.28. The van der Waals surface area contributed by atoms with Gasteiger partial charge in [0.15, 0.2) is 0 Å². The van der Waals surface area contributed by atoms with Crippen molar-refractivity contribution in [2.75, 3.05) is 25.0 Å². The second-order valence-corrected chi connectivity index (χ2v) is 6.62. The fourth-order valence-electron chi connectivity index (χ4n) is 3.53. The molecular weight excluding hydrogens is 312 g/mol. The van der Waals surface area contributed by atoms with Crippen LogP contribution >= 0.6 is 0 Å². The SMILES string of the molecule is CN(Cc1ccccc1N1CCCC1)C(=O)c1ccc2nc[nH]c2c1. The first kappa shape index (κ1) is 15.7. The largest absolute Gasteiger partial charge is 0.371 e. The average molecular weight is 334 g/mol. The first-order valence-corrected chi connectivity index (χ1v) is 8.74. The summed E-state index contributed by atoms with van der Waals surface area (Å²) >= 11 is 0. The summed E-state index contributed by atoms with van der Waals surface area (Å²) < 4.78 is 0. The molecule has 0 unspecified atom stereocenters. The highest BCUT2D eigenvalue weighted by Gasteiger charge is 2.18. The molecule has 1 aliphatic rings. The van der Waals surface area contributed by atoms with E-state index in [1.54, 1.807) is 11.2 Å². The molecule has 0 radical (unpaired) electrons. The van der Waals surface area contributed by atoms with Crippen molar-refractivity contribution in [3.8, 4) is 0 Å². The van der Waals surface area contributed by atoms with E-state index >= 15 is 0 Å². The smallest absolute Gasteiger partial charge is 0.253 e. The number of hydrogen-bond donors (Lipinski definition) is 1. The van der Waals surface area contributed by atoms with Gasteiger partial charge in [0.25, 0.3) is 5.91 Å². The highest BCUT2D eigenvalue weighted by atomic mass is 16.2. The van der Waals surface area contributed by atoms with Crippen molar-refractivity contribution in [1.29, 1.82) is 0 Å². The highest BCUT2D eigenvalue weighted by Crippen LogP contribution is 2.26. The van der Waals surface area contributed by atoms with Crippen molar-refractivity contribution in [3.05, 3.63) is 59.9 Å². The molecule has 2 aromatic carbocycles. The third-order valence-electron chi connectivity index (χ3n) is 4.86. The molecular formula is C20H22N4O. The number of nitrogens with one attached hydrogen (secondary N) is 1. The summed E-state index contributed by atoms with van der Waals surface area (Å²) in [6.45, 7) is 2.81. The summed E-state index contributed by atoms with van der Waals surface area (Å²) in [6, 6.07) is 14.0. The van der Waals surface area contributed by atoms with Crippen molar-refractivity contribution < 1.29 is 4.79 Å². The van der Waals surface area contributed by atoms with E-state index in [1.807, 2.05) is 31.3 Å². The van der Waals surface area contributed by atoms with Gasteiger partial charge < -0.3 is 14.8 Å². The van der Waals surface area contributed by atoms with Gasteiger partial charge in [0.1, 0.15) is 0 Å². The van der Waals surface area contributed by atoms with Crippen molar-refractivity contribution in [2.45, 2.75) is 19.4 Å². The van der Waals surface area contributed by atoms with E-state index in [-0.39, 0.29) is 5.91 Å². The number of para-hydroxylation sites is 1. The van der Waals surface area contributed by atoms with Crippen molar-refractivity contribution >= 4 is 22.6 Å². The lowest BCUT2D eigenvalue weighted by atomic mass is 10.1. The summed E-state index contributed by atoms with van der Waals surface area (Å²) in [7, 11) is 1.86. The van der Waals surface area contributed by atoms with Crippen LogP contribution in [0.1, 0.15) is 28.8 Å². The number of carbonyl (C=O) groups excluding carboxylic acids is 1.